The summed E-state index contributed by atoms with van der Waals surface area (Å²) < 4.78 is 0. The molecular formula is C12H21N5O6. The van der Waals surface area contributed by atoms with Gasteiger partial charge in [-0.1, -0.05) is 0 Å². The Hall–Kier alpha value is -2.69. The molecule has 0 aromatic rings. The van der Waals surface area contributed by atoms with E-state index in [0.29, 0.717) is 0 Å². The summed E-state index contributed by atoms with van der Waals surface area (Å²) in [5.41, 5.74) is 15.3. The highest BCUT2D eigenvalue weighted by atomic mass is 16.4. The van der Waals surface area contributed by atoms with Crippen molar-refractivity contribution in [2.75, 3.05) is 0 Å². The molecule has 0 rings (SSSR count). The van der Waals surface area contributed by atoms with E-state index in [-0.39, 0.29) is 12.8 Å². The van der Waals surface area contributed by atoms with E-state index in [0.717, 1.165) is 0 Å². The Bertz CT molecular complexity index is 494. The van der Waals surface area contributed by atoms with Crippen molar-refractivity contribution in [1.82, 2.24) is 10.6 Å². The van der Waals surface area contributed by atoms with Crippen LogP contribution < -0.4 is 27.8 Å². The van der Waals surface area contributed by atoms with Gasteiger partial charge in [-0.2, -0.15) is 0 Å². The summed E-state index contributed by atoms with van der Waals surface area (Å²) in [6.45, 7) is 1.30. The fraction of sp³-hybridized carbons (Fsp3) is 0.583. The topological polar surface area (TPSA) is 208 Å². The Labute approximate surface area is 131 Å². The first-order valence-electron chi connectivity index (χ1n) is 6.70. The van der Waals surface area contributed by atoms with Crippen LogP contribution in [-0.4, -0.2) is 52.8 Å². The van der Waals surface area contributed by atoms with Crippen molar-refractivity contribution in [3.63, 3.8) is 0 Å². The van der Waals surface area contributed by atoms with E-state index in [9.17, 15) is 24.0 Å². The molecule has 4 amide bonds. The second-order valence-electron chi connectivity index (χ2n) is 4.91. The minimum Gasteiger partial charge on any atom is -0.480 e. The quantitative estimate of drug-likeness (QED) is 0.238. The molecule has 0 heterocycles. The predicted molar refractivity (Wildman–Crippen MR) is 77.4 cm³/mol. The van der Waals surface area contributed by atoms with Gasteiger partial charge in [0.15, 0.2) is 0 Å². The number of primary amides is 2. The molecule has 3 unspecified atom stereocenters. The van der Waals surface area contributed by atoms with Crippen LogP contribution in [0.15, 0.2) is 0 Å². The van der Waals surface area contributed by atoms with E-state index in [1.54, 1.807) is 0 Å². The van der Waals surface area contributed by atoms with Gasteiger partial charge in [0.1, 0.15) is 12.1 Å². The predicted octanol–water partition coefficient (Wildman–Crippen LogP) is -3.47. The third kappa shape index (κ3) is 8.36. The van der Waals surface area contributed by atoms with Crippen LogP contribution in [0.25, 0.3) is 0 Å². The molecule has 0 spiro atoms. The van der Waals surface area contributed by atoms with Crippen molar-refractivity contribution < 1.29 is 29.1 Å². The molecular weight excluding hydrogens is 310 g/mol. The molecule has 23 heavy (non-hydrogen) atoms. The summed E-state index contributed by atoms with van der Waals surface area (Å²) >= 11 is 0. The number of carbonyl (C=O) groups is 5. The fourth-order valence-electron chi connectivity index (χ4n) is 1.51. The Kier molecular flexibility index (Phi) is 8.26. The van der Waals surface area contributed by atoms with Crippen LogP contribution in [0.2, 0.25) is 0 Å². The smallest absolute Gasteiger partial charge is 0.326 e. The highest BCUT2D eigenvalue weighted by Crippen LogP contribution is 1.97. The zero-order valence-electron chi connectivity index (χ0n) is 12.6. The fourth-order valence-corrected chi connectivity index (χ4v) is 1.51. The van der Waals surface area contributed by atoms with E-state index in [2.05, 4.69) is 10.6 Å². The lowest BCUT2D eigenvalue weighted by atomic mass is 10.1. The van der Waals surface area contributed by atoms with Crippen LogP contribution in [0.5, 0.6) is 0 Å². The van der Waals surface area contributed by atoms with Gasteiger partial charge in [0, 0.05) is 6.42 Å². The molecule has 0 aromatic heterocycles. The summed E-state index contributed by atoms with van der Waals surface area (Å²) in [5, 5.41) is 13.2. The molecule has 0 radical (unpaired) electrons. The van der Waals surface area contributed by atoms with E-state index in [1.807, 2.05) is 0 Å². The third-order valence-electron chi connectivity index (χ3n) is 2.81. The number of nitrogens with two attached hydrogens (primary N) is 3. The largest absolute Gasteiger partial charge is 0.480 e. The number of rotatable bonds is 10. The Morgan fingerprint density at radius 2 is 1.57 bits per heavy atom. The van der Waals surface area contributed by atoms with Crippen molar-refractivity contribution in [2.45, 2.75) is 44.3 Å². The highest BCUT2D eigenvalue weighted by Gasteiger charge is 2.26. The van der Waals surface area contributed by atoms with Crippen LogP contribution in [0, 0.1) is 0 Å². The molecule has 0 saturated heterocycles. The van der Waals surface area contributed by atoms with E-state index in [1.165, 1.54) is 6.92 Å². The minimum atomic E-state index is -1.50. The average molecular weight is 331 g/mol. The lowest BCUT2D eigenvalue weighted by Crippen LogP contribution is -2.53. The summed E-state index contributed by atoms with van der Waals surface area (Å²) in [6.07, 6.45) is -0.663. The normalized spacial score (nSPS) is 14.2. The van der Waals surface area contributed by atoms with Gasteiger partial charge >= 0.3 is 5.97 Å². The summed E-state index contributed by atoms with van der Waals surface area (Å²) in [6, 6.07) is -3.64. The van der Waals surface area contributed by atoms with Crippen LogP contribution in [0.1, 0.15) is 26.2 Å². The van der Waals surface area contributed by atoms with E-state index in [4.69, 9.17) is 22.3 Å². The maximum absolute atomic E-state index is 11.8. The Morgan fingerprint density at radius 3 is 2.00 bits per heavy atom. The molecule has 0 fully saturated rings. The summed E-state index contributed by atoms with van der Waals surface area (Å²) in [5.74, 6) is -4.48. The molecule has 0 aromatic carbocycles. The lowest BCUT2D eigenvalue weighted by Gasteiger charge is -2.19. The molecule has 0 aliphatic rings. The van der Waals surface area contributed by atoms with Crippen LogP contribution in [0.4, 0.5) is 0 Å². The average Bonchev–Trinajstić information content (AvgIpc) is 2.42. The number of carbonyl (C=O) groups excluding carboxylic acids is 4. The van der Waals surface area contributed by atoms with E-state index >= 15 is 0 Å². The maximum Gasteiger partial charge on any atom is 0.326 e. The van der Waals surface area contributed by atoms with E-state index < -0.39 is 54.1 Å². The Morgan fingerprint density at radius 1 is 1.00 bits per heavy atom. The van der Waals surface area contributed by atoms with Gasteiger partial charge < -0.3 is 32.9 Å². The van der Waals surface area contributed by atoms with Crippen molar-refractivity contribution in [2.24, 2.45) is 17.2 Å². The molecule has 0 aliphatic heterocycles. The zero-order chi connectivity index (χ0) is 18.2. The molecule has 0 saturated carbocycles. The number of hydrogen-bond donors (Lipinski definition) is 6. The zero-order valence-corrected chi connectivity index (χ0v) is 12.6. The number of carboxylic acids is 1. The van der Waals surface area contributed by atoms with Crippen molar-refractivity contribution >= 4 is 29.6 Å². The lowest BCUT2D eigenvalue weighted by molar-refractivity contribution is -0.143. The number of nitrogens with one attached hydrogen (secondary N) is 2. The monoisotopic (exact) mass is 331 g/mol. The first-order chi connectivity index (χ1) is 10.5. The minimum absolute atomic E-state index is 0.00886. The third-order valence-corrected chi connectivity index (χ3v) is 2.81. The van der Waals surface area contributed by atoms with Gasteiger partial charge in [-0.05, 0) is 13.3 Å². The molecule has 3 atom stereocenters. The second kappa shape index (κ2) is 9.35. The van der Waals surface area contributed by atoms with Gasteiger partial charge in [0.05, 0.1) is 12.5 Å². The SMILES string of the molecule is CC(NC(=O)C(N)CCC(N)=O)C(=O)NC(CC(N)=O)C(=O)O. The summed E-state index contributed by atoms with van der Waals surface area (Å²) in [4.78, 5) is 55.8. The van der Waals surface area contributed by atoms with Crippen LogP contribution in [-0.2, 0) is 24.0 Å². The number of amides is 4. The summed E-state index contributed by atoms with van der Waals surface area (Å²) in [7, 11) is 0. The van der Waals surface area contributed by atoms with Crippen LogP contribution in [0.3, 0.4) is 0 Å². The van der Waals surface area contributed by atoms with Gasteiger partial charge in [0.25, 0.3) is 0 Å². The van der Waals surface area contributed by atoms with Crippen molar-refractivity contribution in [3.8, 4) is 0 Å². The van der Waals surface area contributed by atoms with Crippen molar-refractivity contribution in [1.29, 1.82) is 0 Å². The molecule has 130 valence electrons. The first-order valence-corrected chi connectivity index (χ1v) is 6.70. The standard InChI is InChI=1S/C12H21N5O6/c1-5(16-11(21)6(13)2-3-8(14)18)10(20)17-7(12(22)23)4-9(15)19/h5-7H,2-4,13H2,1H3,(H2,14,18)(H2,15,19)(H,16,21)(H,17,20)(H,22,23). The first kappa shape index (κ1) is 20.3. The maximum atomic E-state index is 11.8. The number of aliphatic carboxylic acids is 1. The van der Waals surface area contributed by atoms with Gasteiger partial charge in [-0.15, -0.1) is 0 Å². The molecule has 11 heteroatoms. The molecule has 11 nitrogen and oxygen atoms in total. The van der Waals surface area contributed by atoms with Gasteiger partial charge in [-0.3, -0.25) is 19.2 Å². The molecule has 0 aliphatic carbocycles. The second-order valence-corrected chi connectivity index (χ2v) is 4.91. The number of carboxylic acid groups (broad SMARTS) is 1. The number of hydrogen-bond acceptors (Lipinski definition) is 6. The van der Waals surface area contributed by atoms with Gasteiger partial charge in [0.2, 0.25) is 23.6 Å². The van der Waals surface area contributed by atoms with Gasteiger partial charge in [-0.25, -0.2) is 4.79 Å². The van der Waals surface area contributed by atoms with Crippen molar-refractivity contribution in [3.05, 3.63) is 0 Å². The molecule has 9 N–H and O–H groups in total. The van der Waals surface area contributed by atoms with Crippen LogP contribution >= 0.6 is 0 Å². The highest BCUT2D eigenvalue weighted by molar-refractivity contribution is 5.93. The molecule has 0 bridgehead atoms. The Balaban J connectivity index is 4.52.